The molecule has 0 spiro atoms. The van der Waals surface area contributed by atoms with Crippen molar-refractivity contribution in [2.24, 2.45) is 4.99 Å². The van der Waals surface area contributed by atoms with E-state index >= 15 is 0 Å². The van der Waals surface area contributed by atoms with Gasteiger partial charge in [0.2, 0.25) is 10.0 Å². The third kappa shape index (κ3) is 6.33. The summed E-state index contributed by atoms with van der Waals surface area (Å²) in [6.07, 6.45) is 1.51. The average molecular weight is 419 g/mol. The largest absolute Gasteiger partial charge is 0.494 e. The molecule has 0 unspecified atom stereocenters. The Bertz CT molecular complexity index is 930. The van der Waals surface area contributed by atoms with E-state index in [9.17, 15) is 8.42 Å². The molecule has 0 atom stereocenters. The highest BCUT2D eigenvalue weighted by atomic mass is 32.2. The zero-order chi connectivity index (χ0) is 20.5. The van der Waals surface area contributed by atoms with E-state index in [1.807, 2.05) is 25.1 Å². The first-order valence-electron chi connectivity index (χ1n) is 10.2. The molecule has 29 heavy (non-hydrogen) atoms. The van der Waals surface area contributed by atoms with Crippen LogP contribution in [0, 0.1) is 0 Å². The summed E-state index contributed by atoms with van der Waals surface area (Å²) >= 11 is 0. The molecule has 0 amide bonds. The van der Waals surface area contributed by atoms with Gasteiger partial charge in [-0.05, 0) is 36.2 Å². The van der Waals surface area contributed by atoms with E-state index in [1.165, 1.54) is 10.8 Å². The lowest BCUT2D eigenvalue weighted by molar-refractivity contribution is 0.314. The Balaban J connectivity index is 1.40. The minimum atomic E-state index is -3.05. The van der Waals surface area contributed by atoms with E-state index in [2.05, 4.69) is 39.9 Å². The Hall–Kier alpha value is -2.32. The molecule has 0 saturated carbocycles. The van der Waals surface area contributed by atoms with E-state index in [4.69, 9.17) is 4.74 Å². The molecular formula is C21H30N4O3S. The summed E-state index contributed by atoms with van der Waals surface area (Å²) in [5.74, 6) is 1.83. The fourth-order valence-corrected chi connectivity index (χ4v) is 4.81. The van der Waals surface area contributed by atoms with E-state index in [1.54, 1.807) is 4.31 Å². The molecule has 7 nitrogen and oxygen atoms in total. The Kier molecular flexibility index (Phi) is 7.71. The molecule has 158 valence electrons. The molecule has 1 heterocycles. The summed E-state index contributed by atoms with van der Waals surface area (Å²) in [6, 6.07) is 14.3. The highest BCUT2D eigenvalue weighted by Crippen LogP contribution is 2.20. The summed E-state index contributed by atoms with van der Waals surface area (Å²) in [7, 11) is -3.05. The highest BCUT2D eigenvalue weighted by molar-refractivity contribution is 7.89. The van der Waals surface area contributed by atoms with Crippen molar-refractivity contribution in [3.63, 3.8) is 0 Å². The number of sulfonamides is 1. The van der Waals surface area contributed by atoms with Gasteiger partial charge in [0.05, 0.1) is 12.4 Å². The molecule has 2 aromatic rings. The van der Waals surface area contributed by atoms with Crippen molar-refractivity contribution in [2.45, 2.75) is 19.8 Å². The van der Waals surface area contributed by atoms with Crippen molar-refractivity contribution in [3.8, 4) is 5.75 Å². The van der Waals surface area contributed by atoms with Gasteiger partial charge < -0.3 is 15.4 Å². The van der Waals surface area contributed by atoms with E-state index in [-0.39, 0.29) is 5.75 Å². The summed E-state index contributed by atoms with van der Waals surface area (Å²) in [5.41, 5.74) is 0. The molecule has 2 aromatic carbocycles. The number of hydrogen-bond acceptors (Lipinski definition) is 4. The molecule has 0 bridgehead atoms. The molecule has 3 rings (SSSR count). The van der Waals surface area contributed by atoms with Crippen LogP contribution in [0.15, 0.2) is 47.5 Å². The smallest absolute Gasteiger partial charge is 0.214 e. The first kappa shape index (κ1) is 21.4. The second-order valence-corrected chi connectivity index (χ2v) is 9.06. The zero-order valence-electron chi connectivity index (χ0n) is 16.9. The van der Waals surface area contributed by atoms with Crippen molar-refractivity contribution in [1.29, 1.82) is 0 Å². The van der Waals surface area contributed by atoms with Crippen molar-refractivity contribution >= 4 is 26.8 Å². The van der Waals surface area contributed by atoms with Gasteiger partial charge in [-0.3, -0.25) is 4.99 Å². The van der Waals surface area contributed by atoms with Crippen LogP contribution in [0.2, 0.25) is 0 Å². The SMILES string of the molecule is CCNC(=NCCCOc1ccc2ccccc2c1)NCCN1CCCS1(=O)=O. The molecule has 1 saturated heterocycles. The maximum atomic E-state index is 11.8. The normalized spacial score (nSPS) is 16.8. The summed E-state index contributed by atoms with van der Waals surface area (Å²) in [4.78, 5) is 4.54. The lowest BCUT2D eigenvalue weighted by Crippen LogP contribution is -2.42. The van der Waals surface area contributed by atoms with Gasteiger partial charge in [-0.2, -0.15) is 0 Å². The van der Waals surface area contributed by atoms with E-state index in [0.717, 1.165) is 18.7 Å². The topological polar surface area (TPSA) is 83.0 Å². The molecule has 1 aliphatic rings. The zero-order valence-corrected chi connectivity index (χ0v) is 17.7. The van der Waals surface area contributed by atoms with Gasteiger partial charge in [0.15, 0.2) is 5.96 Å². The summed E-state index contributed by atoms with van der Waals surface area (Å²) in [5, 5.41) is 8.76. The number of guanidine groups is 1. The van der Waals surface area contributed by atoms with Crippen LogP contribution in [0.1, 0.15) is 19.8 Å². The number of nitrogens with one attached hydrogen (secondary N) is 2. The Morgan fingerprint density at radius 2 is 2.00 bits per heavy atom. The standard InChI is InChI=1S/C21H30N4O3S/c1-2-22-21(24-12-14-25-13-6-16-29(25,26)27)23-11-5-15-28-20-10-9-18-7-3-4-8-19(18)17-20/h3-4,7-10,17H,2,5-6,11-16H2,1H3,(H2,22,23,24). The first-order valence-corrected chi connectivity index (χ1v) is 11.8. The molecule has 1 aliphatic heterocycles. The van der Waals surface area contributed by atoms with E-state index in [0.29, 0.717) is 45.2 Å². The lowest BCUT2D eigenvalue weighted by Gasteiger charge is -2.16. The Labute approximate surface area is 173 Å². The van der Waals surface area contributed by atoms with Gasteiger partial charge in [0, 0.05) is 39.1 Å². The number of fused-ring (bicyclic) bond motifs is 1. The van der Waals surface area contributed by atoms with Gasteiger partial charge in [0.25, 0.3) is 0 Å². The molecule has 2 N–H and O–H groups in total. The molecule has 8 heteroatoms. The van der Waals surface area contributed by atoms with Crippen LogP contribution in [-0.2, 0) is 10.0 Å². The van der Waals surface area contributed by atoms with Gasteiger partial charge in [-0.1, -0.05) is 30.3 Å². The monoisotopic (exact) mass is 418 g/mol. The third-order valence-corrected chi connectivity index (χ3v) is 6.72. The lowest BCUT2D eigenvalue weighted by atomic mass is 10.1. The maximum absolute atomic E-state index is 11.8. The number of rotatable bonds is 9. The second-order valence-electron chi connectivity index (χ2n) is 6.97. The molecule has 0 radical (unpaired) electrons. The molecule has 0 aliphatic carbocycles. The number of hydrogen-bond donors (Lipinski definition) is 2. The molecule has 1 fully saturated rings. The molecular weight excluding hydrogens is 388 g/mol. The predicted octanol–water partition coefficient (Wildman–Crippen LogP) is 2.20. The first-order chi connectivity index (χ1) is 14.1. The van der Waals surface area contributed by atoms with Crippen LogP contribution in [0.5, 0.6) is 5.75 Å². The minimum absolute atomic E-state index is 0.262. The predicted molar refractivity (Wildman–Crippen MR) is 118 cm³/mol. The van der Waals surface area contributed by atoms with Gasteiger partial charge >= 0.3 is 0 Å². The Morgan fingerprint density at radius 3 is 2.76 bits per heavy atom. The van der Waals surface area contributed by atoms with Crippen molar-refractivity contribution in [1.82, 2.24) is 14.9 Å². The van der Waals surface area contributed by atoms with Crippen LogP contribution < -0.4 is 15.4 Å². The number of benzene rings is 2. The van der Waals surface area contributed by atoms with Gasteiger partial charge in [-0.15, -0.1) is 0 Å². The van der Waals surface area contributed by atoms with E-state index < -0.39 is 10.0 Å². The van der Waals surface area contributed by atoms with Crippen LogP contribution in [-0.4, -0.2) is 63.8 Å². The van der Waals surface area contributed by atoms with Gasteiger partial charge in [0.1, 0.15) is 5.75 Å². The quantitative estimate of drug-likeness (QED) is 0.371. The van der Waals surface area contributed by atoms with Crippen LogP contribution in [0.3, 0.4) is 0 Å². The second kappa shape index (κ2) is 10.5. The van der Waals surface area contributed by atoms with Crippen LogP contribution in [0.4, 0.5) is 0 Å². The van der Waals surface area contributed by atoms with Crippen molar-refractivity contribution < 1.29 is 13.2 Å². The fraction of sp³-hybridized carbons (Fsp3) is 0.476. The Morgan fingerprint density at radius 1 is 1.17 bits per heavy atom. The number of ether oxygens (including phenoxy) is 1. The maximum Gasteiger partial charge on any atom is 0.214 e. The highest BCUT2D eigenvalue weighted by Gasteiger charge is 2.27. The van der Waals surface area contributed by atoms with Crippen LogP contribution in [0.25, 0.3) is 10.8 Å². The van der Waals surface area contributed by atoms with Crippen molar-refractivity contribution in [2.75, 3.05) is 45.1 Å². The fourth-order valence-electron chi connectivity index (χ4n) is 3.29. The summed E-state index contributed by atoms with van der Waals surface area (Å²) < 4.78 is 31.1. The third-order valence-electron chi connectivity index (χ3n) is 4.76. The number of aliphatic imine (C=N–C) groups is 1. The molecule has 0 aromatic heterocycles. The average Bonchev–Trinajstić information content (AvgIpc) is 3.05. The minimum Gasteiger partial charge on any atom is -0.494 e. The number of nitrogens with zero attached hydrogens (tertiary/aromatic N) is 2. The van der Waals surface area contributed by atoms with Crippen molar-refractivity contribution in [3.05, 3.63) is 42.5 Å². The summed E-state index contributed by atoms with van der Waals surface area (Å²) in [6.45, 7) is 5.60. The van der Waals surface area contributed by atoms with Crippen LogP contribution >= 0.6 is 0 Å². The van der Waals surface area contributed by atoms with Gasteiger partial charge in [-0.25, -0.2) is 12.7 Å².